The Labute approximate surface area is 129 Å². The van der Waals surface area contributed by atoms with E-state index in [0.717, 1.165) is 10.4 Å². The number of nitro benzene ring substituents is 1. The highest BCUT2D eigenvalue weighted by Gasteiger charge is 2.35. The third-order valence-corrected chi connectivity index (χ3v) is 5.43. The molecule has 21 heavy (non-hydrogen) atoms. The van der Waals surface area contributed by atoms with Crippen molar-refractivity contribution in [2.45, 2.75) is 11.0 Å². The Kier molecular flexibility index (Phi) is 4.94. The van der Waals surface area contributed by atoms with Gasteiger partial charge in [-0.2, -0.15) is 4.31 Å². The van der Waals surface area contributed by atoms with Crippen LogP contribution in [0.1, 0.15) is 0 Å². The van der Waals surface area contributed by atoms with E-state index in [9.17, 15) is 18.5 Å². The number of aliphatic hydroxyl groups excluding tert-OH is 1. The van der Waals surface area contributed by atoms with Crippen molar-refractivity contribution in [3.63, 3.8) is 0 Å². The zero-order chi connectivity index (χ0) is 15.6. The van der Waals surface area contributed by atoms with Crippen LogP contribution >= 0.6 is 15.9 Å². The second-order valence-corrected chi connectivity index (χ2v) is 7.23. The normalized spacial score (nSPS) is 20.4. The summed E-state index contributed by atoms with van der Waals surface area (Å²) in [7, 11) is -4.03. The van der Waals surface area contributed by atoms with Crippen molar-refractivity contribution in [2.24, 2.45) is 0 Å². The van der Waals surface area contributed by atoms with Crippen molar-refractivity contribution < 1.29 is 23.2 Å². The molecule has 0 spiro atoms. The summed E-state index contributed by atoms with van der Waals surface area (Å²) in [6.45, 7) is -0.135. The summed E-state index contributed by atoms with van der Waals surface area (Å²) < 4.78 is 31.9. The van der Waals surface area contributed by atoms with Crippen LogP contribution in [0.25, 0.3) is 0 Å². The molecule has 1 aromatic rings. The van der Waals surface area contributed by atoms with Gasteiger partial charge in [0.05, 0.1) is 24.2 Å². The van der Waals surface area contributed by atoms with Crippen LogP contribution in [-0.4, -0.2) is 55.2 Å². The van der Waals surface area contributed by atoms with E-state index in [1.165, 1.54) is 12.1 Å². The average molecular weight is 381 g/mol. The van der Waals surface area contributed by atoms with Crippen LogP contribution in [-0.2, 0) is 14.8 Å². The van der Waals surface area contributed by atoms with Crippen molar-refractivity contribution in [3.8, 4) is 0 Å². The van der Waals surface area contributed by atoms with Gasteiger partial charge in [0.2, 0.25) is 10.0 Å². The zero-order valence-electron chi connectivity index (χ0n) is 10.8. The molecule has 8 nitrogen and oxygen atoms in total. The fourth-order valence-electron chi connectivity index (χ4n) is 2.01. The van der Waals surface area contributed by atoms with Crippen molar-refractivity contribution in [1.82, 2.24) is 4.31 Å². The van der Waals surface area contributed by atoms with Gasteiger partial charge in [-0.3, -0.25) is 10.1 Å². The van der Waals surface area contributed by atoms with E-state index in [0.29, 0.717) is 4.47 Å². The molecular weight excluding hydrogens is 368 g/mol. The van der Waals surface area contributed by atoms with Crippen LogP contribution in [0, 0.1) is 10.1 Å². The molecule has 1 unspecified atom stereocenters. The number of halogens is 1. The molecule has 0 saturated carbocycles. The molecule has 1 fully saturated rings. The van der Waals surface area contributed by atoms with Gasteiger partial charge in [0.1, 0.15) is 0 Å². The number of ether oxygens (including phenoxy) is 1. The quantitative estimate of drug-likeness (QED) is 0.609. The Hall–Kier alpha value is -1.07. The molecular formula is C11H13BrN2O6S. The maximum atomic E-state index is 12.6. The molecule has 1 N–H and O–H groups in total. The van der Waals surface area contributed by atoms with Gasteiger partial charge in [-0.25, -0.2) is 8.42 Å². The van der Waals surface area contributed by atoms with Gasteiger partial charge in [0, 0.05) is 23.6 Å². The minimum Gasteiger partial charge on any atom is -0.394 e. The largest absolute Gasteiger partial charge is 0.394 e. The lowest BCUT2D eigenvalue weighted by Crippen LogP contribution is -2.46. The van der Waals surface area contributed by atoms with Crippen LogP contribution in [0.5, 0.6) is 0 Å². The molecule has 1 heterocycles. The number of rotatable bonds is 4. The van der Waals surface area contributed by atoms with E-state index < -0.39 is 26.7 Å². The highest BCUT2D eigenvalue weighted by Crippen LogP contribution is 2.30. The minimum absolute atomic E-state index is 0.0392. The maximum absolute atomic E-state index is 12.6. The summed E-state index contributed by atoms with van der Waals surface area (Å²) >= 11 is 3.12. The summed E-state index contributed by atoms with van der Waals surface area (Å²) in [5.74, 6) is 0. The Morgan fingerprint density at radius 3 is 2.86 bits per heavy atom. The summed E-state index contributed by atoms with van der Waals surface area (Å²) in [5.41, 5.74) is -0.481. The monoisotopic (exact) mass is 380 g/mol. The molecule has 1 aliphatic rings. The lowest BCUT2D eigenvalue weighted by molar-refractivity contribution is -0.387. The first-order chi connectivity index (χ1) is 9.86. The average Bonchev–Trinajstić information content (AvgIpc) is 2.46. The van der Waals surface area contributed by atoms with Crippen molar-refractivity contribution in [3.05, 3.63) is 32.8 Å². The minimum atomic E-state index is -4.03. The fourth-order valence-corrected chi connectivity index (χ4v) is 4.16. The molecule has 0 bridgehead atoms. The van der Waals surface area contributed by atoms with Crippen LogP contribution in [0.2, 0.25) is 0 Å². The van der Waals surface area contributed by atoms with Gasteiger partial charge < -0.3 is 9.84 Å². The molecule has 1 atom stereocenters. The predicted molar refractivity (Wildman–Crippen MR) is 76.4 cm³/mol. The van der Waals surface area contributed by atoms with Crippen LogP contribution in [0.4, 0.5) is 5.69 Å². The number of morpholine rings is 1. The Balaban J connectivity index is 2.44. The predicted octanol–water partition coefficient (Wildman–Crippen LogP) is 0.739. The van der Waals surface area contributed by atoms with Gasteiger partial charge >= 0.3 is 0 Å². The van der Waals surface area contributed by atoms with Crippen molar-refractivity contribution in [1.29, 1.82) is 0 Å². The lowest BCUT2D eigenvalue weighted by atomic mass is 10.3. The molecule has 116 valence electrons. The van der Waals surface area contributed by atoms with E-state index in [1.54, 1.807) is 0 Å². The first-order valence-electron chi connectivity index (χ1n) is 6.03. The summed E-state index contributed by atoms with van der Waals surface area (Å²) in [5, 5.41) is 20.1. The summed E-state index contributed by atoms with van der Waals surface area (Å²) in [6.07, 6.45) is -0.625. The van der Waals surface area contributed by atoms with E-state index in [-0.39, 0.29) is 31.2 Å². The number of hydrogen-bond donors (Lipinski definition) is 1. The van der Waals surface area contributed by atoms with Crippen molar-refractivity contribution >= 4 is 31.6 Å². The number of benzene rings is 1. The lowest BCUT2D eigenvalue weighted by Gasteiger charge is -2.31. The molecule has 2 rings (SSSR count). The number of sulfonamides is 1. The van der Waals surface area contributed by atoms with E-state index in [1.807, 2.05) is 0 Å². The molecule has 0 aromatic heterocycles. The molecule has 0 amide bonds. The molecule has 0 radical (unpaired) electrons. The molecule has 1 aromatic carbocycles. The van der Waals surface area contributed by atoms with Crippen LogP contribution in [0.3, 0.4) is 0 Å². The number of nitro groups is 1. The third kappa shape index (κ3) is 3.40. The molecule has 10 heteroatoms. The molecule has 0 aliphatic carbocycles. The smallest absolute Gasteiger partial charge is 0.289 e. The van der Waals surface area contributed by atoms with Gasteiger partial charge in [-0.1, -0.05) is 15.9 Å². The molecule has 1 saturated heterocycles. The standard InChI is InChI=1S/C11H13BrN2O6S/c12-8-1-2-10(14(16)17)11(5-8)21(18,19)13-3-4-20-9(6-13)7-15/h1-2,5,9,15H,3-4,6-7H2. The van der Waals surface area contributed by atoms with Gasteiger partial charge in [-0.15, -0.1) is 0 Å². The highest BCUT2D eigenvalue weighted by molar-refractivity contribution is 9.10. The second kappa shape index (κ2) is 6.36. The van der Waals surface area contributed by atoms with Crippen LogP contribution in [0.15, 0.2) is 27.6 Å². The fraction of sp³-hybridized carbons (Fsp3) is 0.455. The van der Waals surface area contributed by atoms with Crippen LogP contribution < -0.4 is 0 Å². The van der Waals surface area contributed by atoms with E-state index in [4.69, 9.17) is 9.84 Å². The topological polar surface area (TPSA) is 110 Å². The van der Waals surface area contributed by atoms with Gasteiger partial charge in [0.15, 0.2) is 4.90 Å². The third-order valence-electron chi connectivity index (χ3n) is 3.04. The maximum Gasteiger partial charge on any atom is 0.289 e. The first-order valence-corrected chi connectivity index (χ1v) is 8.26. The van der Waals surface area contributed by atoms with Crippen molar-refractivity contribution in [2.75, 3.05) is 26.3 Å². The first kappa shape index (κ1) is 16.3. The SMILES string of the molecule is O=[N+]([O-])c1ccc(Br)cc1S(=O)(=O)N1CCOC(CO)C1. The zero-order valence-corrected chi connectivity index (χ0v) is 13.2. The number of hydrogen-bond acceptors (Lipinski definition) is 6. The number of nitrogens with zero attached hydrogens (tertiary/aromatic N) is 2. The summed E-state index contributed by atoms with van der Waals surface area (Å²) in [4.78, 5) is 9.92. The number of aliphatic hydroxyl groups is 1. The van der Waals surface area contributed by atoms with Gasteiger partial charge in [-0.05, 0) is 12.1 Å². The Morgan fingerprint density at radius 2 is 2.24 bits per heavy atom. The molecule has 1 aliphatic heterocycles. The van der Waals surface area contributed by atoms with E-state index >= 15 is 0 Å². The summed E-state index contributed by atoms with van der Waals surface area (Å²) in [6, 6.07) is 3.75. The Morgan fingerprint density at radius 1 is 1.52 bits per heavy atom. The Bertz CT molecular complexity index is 650. The van der Waals surface area contributed by atoms with Gasteiger partial charge in [0.25, 0.3) is 5.69 Å². The second-order valence-electron chi connectivity index (χ2n) is 4.41. The van der Waals surface area contributed by atoms with E-state index in [2.05, 4.69) is 15.9 Å². The highest BCUT2D eigenvalue weighted by atomic mass is 79.9.